The van der Waals surface area contributed by atoms with Gasteiger partial charge in [0, 0.05) is 43.7 Å². The van der Waals surface area contributed by atoms with Gasteiger partial charge >= 0.3 is 0 Å². The molecule has 0 spiro atoms. The van der Waals surface area contributed by atoms with Crippen LogP contribution in [0, 0.1) is 13.8 Å². The highest BCUT2D eigenvalue weighted by Crippen LogP contribution is 2.15. The molecule has 0 aliphatic carbocycles. The second kappa shape index (κ2) is 10.6. The summed E-state index contributed by atoms with van der Waals surface area (Å²) in [5.74, 6) is 0.0913. The Morgan fingerprint density at radius 1 is 1.07 bits per heavy atom. The van der Waals surface area contributed by atoms with E-state index in [0.29, 0.717) is 38.9 Å². The number of carbonyl (C=O) groups excluding carboxylic acids is 2. The molecule has 1 N–H and O–H groups in total. The van der Waals surface area contributed by atoms with Gasteiger partial charge in [-0.1, -0.05) is 30.3 Å². The van der Waals surface area contributed by atoms with Gasteiger partial charge in [-0.25, -0.2) is 0 Å². The zero-order valence-electron chi connectivity index (χ0n) is 17.5. The molecular formula is C22H32N4O2. The molecule has 1 aromatic heterocycles. The molecule has 28 heavy (non-hydrogen) atoms. The van der Waals surface area contributed by atoms with Gasteiger partial charge in [-0.3, -0.25) is 14.3 Å². The van der Waals surface area contributed by atoms with Crippen LogP contribution in [0.3, 0.4) is 0 Å². The largest absolute Gasteiger partial charge is 0.352 e. The van der Waals surface area contributed by atoms with Gasteiger partial charge in [-0.2, -0.15) is 5.10 Å². The zero-order valence-corrected chi connectivity index (χ0v) is 17.5. The Morgan fingerprint density at radius 2 is 1.75 bits per heavy atom. The van der Waals surface area contributed by atoms with E-state index in [4.69, 9.17) is 0 Å². The maximum atomic E-state index is 12.2. The lowest BCUT2D eigenvalue weighted by molar-refractivity contribution is -0.131. The lowest BCUT2D eigenvalue weighted by atomic mass is 10.1. The summed E-state index contributed by atoms with van der Waals surface area (Å²) >= 11 is 0. The maximum Gasteiger partial charge on any atom is 0.222 e. The first-order chi connectivity index (χ1) is 13.5. The van der Waals surface area contributed by atoms with Crippen molar-refractivity contribution in [3.8, 4) is 0 Å². The molecule has 0 atom stereocenters. The van der Waals surface area contributed by atoms with Crippen molar-refractivity contribution in [1.29, 1.82) is 0 Å². The van der Waals surface area contributed by atoms with Crippen LogP contribution in [-0.4, -0.2) is 39.6 Å². The molecule has 2 amide bonds. The quantitative estimate of drug-likeness (QED) is 0.684. The van der Waals surface area contributed by atoms with Gasteiger partial charge in [0.15, 0.2) is 0 Å². The molecule has 0 saturated heterocycles. The first-order valence-electron chi connectivity index (χ1n) is 10.1. The van der Waals surface area contributed by atoms with E-state index in [1.54, 1.807) is 4.90 Å². The van der Waals surface area contributed by atoms with Crippen molar-refractivity contribution in [3.05, 3.63) is 52.8 Å². The fourth-order valence-corrected chi connectivity index (χ4v) is 3.31. The summed E-state index contributed by atoms with van der Waals surface area (Å²) in [5, 5.41) is 7.59. The minimum atomic E-state index is -0.0260. The second-order valence-electron chi connectivity index (χ2n) is 6.99. The van der Waals surface area contributed by atoms with E-state index >= 15 is 0 Å². The Kier molecular flexibility index (Phi) is 8.23. The minimum Gasteiger partial charge on any atom is -0.352 e. The summed E-state index contributed by atoms with van der Waals surface area (Å²) in [6, 6.07) is 10.2. The molecular weight excluding hydrogens is 352 g/mol. The molecule has 2 aromatic rings. The predicted molar refractivity (Wildman–Crippen MR) is 111 cm³/mol. The van der Waals surface area contributed by atoms with Gasteiger partial charge < -0.3 is 10.2 Å². The highest BCUT2D eigenvalue weighted by molar-refractivity contribution is 5.78. The SMILES string of the molecule is CCN(CC)C(=O)CCCC(=O)NCc1c(C)nn(Cc2ccccc2)c1C. The van der Waals surface area contributed by atoms with E-state index < -0.39 is 0 Å². The van der Waals surface area contributed by atoms with Gasteiger partial charge in [0.2, 0.25) is 11.8 Å². The van der Waals surface area contributed by atoms with Gasteiger partial charge in [0.1, 0.15) is 0 Å². The van der Waals surface area contributed by atoms with Crippen molar-refractivity contribution in [2.45, 2.75) is 60.0 Å². The summed E-state index contributed by atoms with van der Waals surface area (Å²) in [6.45, 7) is 10.6. The lowest BCUT2D eigenvalue weighted by Crippen LogP contribution is -2.30. The third-order valence-corrected chi connectivity index (χ3v) is 5.08. The number of nitrogens with zero attached hydrogens (tertiary/aromatic N) is 3. The van der Waals surface area contributed by atoms with Crippen LogP contribution in [0.25, 0.3) is 0 Å². The maximum absolute atomic E-state index is 12.2. The van der Waals surface area contributed by atoms with Gasteiger partial charge in [-0.05, 0) is 39.7 Å². The first kappa shape index (κ1) is 21.7. The smallest absolute Gasteiger partial charge is 0.222 e. The third kappa shape index (κ3) is 5.94. The number of hydrogen-bond donors (Lipinski definition) is 1. The number of nitrogens with one attached hydrogen (secondary N) is 1. The average Bonchev–Trinajstić information content (AvgIpc) is 2.95. The Hall–Kier alpha value is -2.63. The van der Waals surface area contributed by atoms with Crippen molar-refractivity contribution < 1.29 is 9.59 Å². The van der Waals surface area contributed by atoms with E-state index in [2.05, 4.69) is 22.5 Å². The molecule has 0 radical (unpaired) electrons. The molecule has 1 heterocycles. The Labute approximate surface area is 167 Å². The summed E-state index contributed by atoms with van der Waals surface area (Å²) in [4.78, 5) is 26.0. The molecule has 2 rings (SSSR count). The standard InChI is InChI=1S/C22H32N4O2/c1-5-25(6-2)22(28)14-10-13-21(27)23-15-20-17(3)24-26(18(20)4)16-19-11-8-7-9-12-19/h7-9,11-12H,5-6,10,13-16H2,1-4H3,(H,23,27). The van der Waals surface area contributed by atoms with Crippen molar-refractivity contribution >= 4 is 11.8 Å². The number of aromatic nitrogens is 2. The highest BCUT2D eigenvalue weighted by Gasteiger charge is 2.14. The van der Waals surface area contributed by atoms with Crippen LogP contribution >= 0.6 is 0 Å². The van der Waals surface area contributed by atoms with E-state index in [1.165, 1.54) is 5.56 Å². The van der Waals surface area contributed by atoms with Crippen LogP contribution in [0.5, 0.6) is 0 Å². The van der Waals surface area contributed by atoms with Crippen LogP contribution in [-0.2, 0) is 22.7 Å². The van der Waals surface area contributed by atoms with Crippen molar-refractivity contribution in [1.82, 2.24) is 20.0 Å². The summed E-state index contributed by atoms with van der Waals surface area (Å²) in [5.41, 5.74) is 4.26. The summed E-state index contributed by atoms with van der Waals surface area (Å²) in [6.07, 6.45) is 1.36. The van der Waals surface area contributed by atoms with Crippen LogP contribution < -0.4 is 5.32 Å². The zero-order chi connectivity index (χ0) is 20.5. The molecule has 0 fully saturated rings. The third-order valence-electron chi connectivity index (χ3n) is 5.08. The van der Waals surface area contributed by atoms with Crippen molar-refractivity contribution in [2.24, 2.45) is 0 Å². The fourth-order valence-electron chi connectivity index (χ4n) is 3.31. The Bertz CT molecular complexity index is 779. The van der Waals surface area contributed by atoms with Gasteiger partial charge in [0.05, 0.1) is 12.2 Å². The lowest BCUT2D eigenvalue weighted by Gasteiger charge is -2.18. The van der Waals surface area contributed by atoms with E-state index in [1.807, 2.05) is 50.6 Å². The second-order valence-corrected chi connectivity index (χ2v) is 6.99. The summed E-state index contributed by atoms with van der Waals surface area (Å²) < 4.78 is 1.98. The predicted octanol–water partition coefficient (Wildman–Crippen LogP) is 3.20. The molecule has 6 nitrogen and oxygen atoms in total. The number of hydrogen-bond acceptors (Lipinski definition) is 3. The number of rotatable bonds is 10. The molecule has 0 saturated carbocycles. The monoisotopic (exact) mass is 384 g/mol. The molecule has 6 heteroatoms. The number of benzene rings is 1. The molecule has 0 aliphatic heterocycles. The highest BCUT2D eigenvalue weighted by atomic mass is 16.2. The van der Waals surface area contributed by atoms with E-state index in [9.17, 15) is 9.59 Å². The van der Waals surface area contributed by atoms with Crippen LogP contribution in [0.4, 0.5) is 0 Å². The van der Waals surface area contributed by atoms with E-state index in [0.717, 1.165) is 23.5 Å². The number of amides is 2. The van der Waals surface area contributed by atoms with Gasteiger partial charge in [0.25, 0.3) is 0 Å². The molecule has 152 valence electrons. The van der Waals surface area contributed by atoms with Crippen molar-refractivity contribution in [2.75, 3.05) is 13.1 Å². The van der Waals surface area contributed by atoms with Crippen LogP contribution in [0.1, 0.15) is 55.6 Å². The van der Waals surface area contributed by atoms with E-state index in [-0.39, 0.29) is 11.8 Å². The molecule has 0 aliphatic rings. The van der Waals surface area contributed by atoms with Gasteiger partial charge in [-0.15, -0.1) is 0 Å². The molecule has 1 aromatic carbocycles. The average molecular weight is 385 g/mol. The summed E-state index contributed by atoms with van der Waals surface area (Å²) in [7, 11) is 0. The fraction of sp³-hybridized carbons (Fsp3) is 0.500. The van der Waals surface area contributed by atoms with Crippen LogP contribution in [0.2, 0.25) is 0 Å². The Morgan fingerprint density at radius 3 is 2.39 bits per heavy atom. The van der Waals surface area contributed by atoms with Crippen molar-refractivity contribution in [3.63, 3.8) is 0 Å². The van der Waals surface area contributed by atoms with Crippen LogP contribution in [0.15, 0.2) is 30.3 Å². The number of aryl methyl sites for hydroxylation is 1. The topological polar surface area (TPSA) is 67.2 Å². The molecule has 0 bridgehead atoms. The Balaban J connectivity index is 1.84. The first-order valence-corrected chi connectivity index (χ1v) is 10.1. The number of carbonyl (C=O) groups is 2. The normalized spacial score (nSPS) is 10.7. The minimum absolute atomic E-state index is 0.0260. The molecule has 0 unspecified atom stereocenters.